The van der Waals surface area contributed by atoms with E-state index in [0.29, 0.717) is 24.3 Å². The summed E-state index contributed by atoms with van der Waals surface area (Å²) in [5.41, 5.74) is 7.70. The van der Waals surface area contributed by atoms with Crippen LogP contribution in [0.4, 0.5) is 22.9 Å². The van der Waals surface area contributed by atoms with Gasteiger partial charge in [-0.25, -0.2) is 4.98 Å². The Labute approximate surface area is 207 Å². The van der Waals surface area contributed by atoms with Gasteiger partial charge in [0.15, 0.2) is 0 Å². The van der Waals surface area contributed by atoms with Gasteiger partial charge < -0.3 is 26.6 Å². The van der Waals surface area contributed by atoms with Crippen molar-refractivity contribution in [3.05, 3.63) is 70.9 Å². The zero-order valence-corrected chi connectivity index (χ0v) is 19.6. The van der Waals surface area contributed by atoms with Crippen LogP contribution in [-0.4, -0.2) is 49.4 Å². The molecular formula is C26H28N6O4. The zero-order valence-electron chi connectivity index (χ0n) is 19.6. The number of pyridine rings is 2. The fourth-order valence-corrected chi connectivity index (χ4v) is 3.87. The first-order valence-corrected chi connectivity index (χ1v) is 11.9. The van der Waals surface area contributed by atoms with Crippen LogP contribution in [0, 0.1) is 10.1 Å². The van der Waals surface area contributed by atoms with E-state index < -0.39 is 16.1 Å². The molecule has 0 aliphatic heterocycles. The predicted molar refractivity (Wildman–Crippen MR) is 140 cm³/mol. The van der Waals surface area contributed by atoms with E-state index in [1.54, 1.807) is 18.3 Å². The molecule has 6 rings (SSSR count). The summed E-state index contributed by atoms with van der Waals surface area (Å²) in [7, 11) is 0. The molecule has 10 heteroatoms. The van der Waals surface area contributed by atoms with Crippen molar-refractivity contribution in [3.63, 3.8) is 0 Å². The van der Waals surface area contributed by atoms with E-state index in [9.17, 15) is 20.3 Å². The fraction of sp³-hybridized carbons (Fsp3) is 0.308. The van der Waals surface area contributed by atoms with Crippen molar-refractivity contribution in [3.8, 4) is 0 Å². The van der Waals surface area contributed by atoms with Crippen molar-refractivity contribution >= 4 is 44.7 Å². The maximum Gasteiger partial charge on any atom is 0.312 e. The molecule has 0 amide bonds. The smallest absolute Gasteiger partial charge is 0.312 e. The standard InChI is InChI=1S/C13H13N3O3.C13H15N3O/c17-13(5-6-13)8-14-12-11(16(18)19)7-9-3-1-2-4-10(9)15-12;14-10-7-15-11-4-2-1-3-9(11)12(10)16-8-13(17)5-6-13/h1-4,7,17H,5-6,8H2,(H,14,15);1-4,7,17H,5-6,8,14H2,(H,15,16). The van der Waals surface area contributed by atoms with E-state index >= 15 is 0 Å². The SMILES string of the molecule is Nc1cnc2ccccc2c1NCC1(O)CC1.O=[N+]([O-])c1cc2ccccc2nc1NCC1(O)CC1. The quantitative estimate of drug-likeness (QED) is 0.192. The Balaban J connectivity index is 0.000000149. The van der Waals surface area contributed by atoms with Gasteiger partial charge in [-0.2, -0.15) is 0 Å². The number of nitrogens with one attached hydrogen (secondary N) is 2. The highest BCUT2D eigenvalue weighted by Gasteiger charge is 2.41. The molecule has 2 aromatic carbocycles. The summed E-state index contributed by atoms with van der Waals surface area (Å²) in [6.07, 6.45) is 4.83. The number of para-hydroxylation sites is 2. The molecule has 0 unspecified atom stereocenters. The topological polar surface area (TPSA) is 159 Å². The molecule has 10 nitrogen and oxygen atoms in total. The average Bonchev–Trinajstić information content (AvgIpc) is 3.80. The lowest BCUT2D eigenvalue weighted by molar-refractivity contribution is -0.384. The minimum atomic E-state index is -0.721. The molecule has 0 spiro atoms. The lowest BCUT2D eigenvalue weighted by atomic mass is 10.1. The lowest BCUT2D eigenvalue weighted by Crippen LogP contribution is -2.21. The highest BCUT2D eigenvalue weighted by Crippen LogP contribution is 2.37. The van der Waals surface area contributed by atoms with Crippen molar-refractivity contribution in [1.82, 2.24) is 9.97 Å². The summed E-state index contributed by atoms with van der Waals surface area (Å²) in [6, 6.07) is 16.6. The molecule has 4 aromatic rings. The summed E-state index contributed by atoms with van der Waals surface area (Å²) < 4.78 is 0. The molecule has 2 saturated carbocycles. The summed E-state index contributed by atoms with van der Waals surface area (Å²) in [4.78, 5) is 19.1. The summed E-state index contributed by atoms with van der Waals surface area (Å²) >= 11 is 0. The third-order valence-corrected chi connectivity index (χ3v) is 6.54. The molecule has 2 aromatic heterocycles. The number of nitrogens with two attached hydrogens (primary N) is 1. The van der Waals surface area contributed by atoms with Crippen LogP contribution in [-0.2, 0) is 0 Å². The molecule has 0 radical (unpaired) electrons. The van der Waals surface area contributed by atoms with Crippen LogP contribution in [0.3, 0.4) is 0 Å². The van der Waals surface area contributed by atoms with Crippen LogP contribution < -0.4 is 16.4 Å². The molecule has 2 fully saturated rings. The zero-order chi connectivity index (χ0) is 25.3. The predicted octanol–water partition coefficient (Wildman–Crippen LogP) is 3.83. The van der Waals surface area contributed by atoms with Crippen molar-refractivity contribution < 1.29 is 15.1 Å². The Bertz CT molecular complexity index is 1430. The van der Waals surface area contributed by atoms with Crippen LogP contribution in [0.2, 0.25) is 0 Å². The minimum absolute atomic E-state index is 0.0667. The number of aliphatic hydroxyl groups is 2. The van der Waals surface area contributed by atoms with Crippen molar-refractivity contribution in [1.29, 1.82) is 0 Å². The van der Waals surface area contributed by atoms with Crippen LogP contribution in [0.25, 0.3) is 21.8 Å². The van der Waals surface area contributed by atoms with Gasteiger partial charge in [0.2, 0.25) is 5.82 Å². The number of nitrogens with zero attached hydrogens (tertiary/aromatic N) is 3. The monoisotopic (exact) mass is 488 g/mol. The van der Waals surface area contributed by atoms with Gasteiger partial charge in [-0.1, -0.05) is 36.4 Å². The third-order valence-electron chi connectivity index (χ3n) is 6.54. The second-order valence-electron chi connectivity index (χ2n) is 9.57. The summed E-state index contributed by atoms with van der Waals surface area (Å²) in [6.45, 7) is 0.838. The van der Waals surface area contributed by atoms with Crippen LogP contribution in [0.5, 0.6) is 0 Å². The molecule has 0 atom stereocenters. The normalized spacial score (nSPS) is 16.6. The first kappa shape index (κ1) is 23.7. The number of hydrogen-bond acceptors (Lipinski definition) is 9. The Morgan fingerprint density at radius 3 is 2.22 bits per heavy atom. The van der Waals surface area contributed by atoms with Gasteiger partial charge in [-0.15, -0.1) is 0 Å². The van der Waals surface area contributed by atoms with Gasteiger partial charge in [-0.05, 0) is 37.8 Å². The van der Waals surface area contributed by atoms with Crippen LogP contribution in [0.1, 0.15) is 25.7 Å². The number of benzene rings is 2. The van der Waals surface area contributed by atoms with Crippen molar-refractivity contribution in [2.75, 3.05) is 29.5 Å². The average molecular weight is 489 g/mol. The van der Waals surface area contributed by atoms with E-state index in [0.717, 1.165) is 47.7 Å². The second-order valence-corrected chi connectivity index (χ2v) is 9.57. The summed E-state index contributed by atoms with van der Waals surface area (Å²) in [5, 5.41) is 38.5. The van der Waals surface area contributed by atoms with Gasteiger partial charge in [0.1, 0.15) is 0 Å². The highest BCUT2D eigenvalue weighted by molar-refractivity contribution is 5.96. The Kier molecular flexibility index (Phi) is 6.07. The fourth-order valence-electron chi connectivity index (χ4n) is 3.87. The van der Waals surface area contributed by atoms with Gasteiger partial charge in [0.25, 0.3) is 0 Å². The van der Waals surface area contributed by atoms with E-state index in [2.05, 4.69) is 20.6 Å². The first-order chi connectivity index (χ1) is 17.3. The van der Waals surface area contributed by atoms with Crippen LogP contribution >= 0.6 is 0 Å². The number of nitro groups is 1. The Morgan fingerprint density at radius 1 is 0.944 bits per heavy atom. The van der Waals surface area contributed by atoms with E-state index in [1.807, 2.05) is 36.4 Å². The number of nitrogen functional groups attached to an aromatic ring is 1. The molecule has 2 aliphatic carbocycles. The summed E-state index contributed by atoms with van der Waals surface area (Å²) in [5.74, 6) is 0.212. The molecule has 2 heterocycles. The van der Waals surface area contributed by atoms with Crippen molar-refractivity contribution in [2.24, 2.45) is 0 Å². The van der Waals surface area contributed by atoms with Gasteiger partial charge >= 0.3 is 5.69 Å². The maximum absolute atomic E-state index is 11.1. The Morgan fingerprint density at radius 2 is 1.56 bits per heavy atom. The lowest BCUT2D eigenvalue weighted by Gasteiger charge is -2.14. The molecule has 2 aliphatic rings. The van der Waals surface area contributed by atoms with Gasteiger partial charge in [-0.3, -0.25) is 15.1 Å². The number of fused-ring (bicyclic) bond motifs is 2. The number of hydrogen-bond donors (Lipinski definition) is 5. The highest BCUT2D eigenvalue weighted by atomic mass is 16.6. The largest absolute Gasteiger partial charge is 0.396 e. The molecule has 36 heavy (non-hydrogen) atoms. The third kappa shape index (κ3) is 5.29. The Hall–Kier alpha value is -4.02. The van der Waals surface area contributed by atoms with Crippen LogP contribution in [0.15, 0.2) is 60.8 Å². The van der Waals surface area contributed by atoms with E-state index in [-0.39, 0.29) is 11.5 Å². The maximum atomic E-state index is 11.1. The minimum Gasteiger partial charge on any atom is -0.396 e. The molecule has 0 bridgehead atoms. The number of anilines is 3. The van der Waals surface area contributed by atoms with Gasteiger partial charge in [0, 0.05) is 29.9 Å². The molecule has 6 N–H and O–H groups in total. The molecule has 186 valence electrons. The number of aromatic nitrogens is 2. The van der Waals surface area contributed by atoms with E-state index in [1.165, 1.54) is 6.07 Å². The molecule has 0 saturated heterocycles. The van der Waals surface area contributed by atoms with E-state index in [4.69, 9.17) is 5.73 Å². The first-order valence-electron chi connectivity index (χ1n) is 11.9. The molecular weight excluding hydrogens is 460 g/mol. The van der Waals surface area contributed by atoms with Crippen molar-refractivity contribution in [2.45, 2.75) is 36.9 Å². The number of rotatable bonds is 7. The second kappa shape index (κ2) is 9.21. The van der Waals surface area contributed by atoms with Gasteiger partial charge in [0.05, 0.1) is 44.7 Å².